The summed E-state index contributed by atoms with van der Waals surface area (Å²) in [6, 6.07) is 20.7. The Balaban J connectivity index is 1.45. The second-order valence-corrected chi connectivity index (χ2v) is 13.0. The van der Waals surface area contributed by atoms with E-state index >= 15 is 0 Å². The molecule has 1 aliphatic heterocycles. The van der Waals surface area contributed by atoms with Crippen molar-refractivity contribution in [3.05, 3.63) is 95.8 Å². The Morgan fingerprint density at radius 3 is 2.24 bits per heavy atom. The molecule has 0 radical (unpaired) electrons. The van der Waals surface area contributed by atoms with E-state index in [0.717, 1.165) is 23.8 Å². The number of carbonyl (C=O) groups excluding carboxylic acids is 4. The molecule has 6 atom stereocenters. The lowest BCUT2D eigenvalue weighted by Gasteiger charge is -2.47. The van der Waals surface area contributed by atoms with E-state index < -0.39 is 60.6 Å². The molecule has 3 aromatic rings. The first-order valence-corrected chi connectivity index (χ1v) is 18.0. The SMILES string of the molecule is CCOC(=O)CCCCCO[C@]1(C(=O)OC)C[C@@H](NC(=O)OCc2ccccc2)[C@@H](C)C([C@H](O)[C@H](O)CNC(=O)c2ccc(-c3ccc(F)cc3)cc2)O1. The highest BCUT2D eigenvalue weighted by molar-refractivity contribution is 5.94. The molecule has 292 valence electrons. The molecular weight excluding hydrogens is 703 g/mol. The normalized spacial score (nSPS) is 20.6. The van der Waals surface area contributed by atoms with Crippen LogP contribution in [-0.4, -0.2) is 91.2 Å². The molecule has 2 amide bonds. The number of unbranched alkanes of at least 4 members (excludes halogenated alkanes) is 2. The number of hydrogen-bond acceptors (Lipinski definition) is 11. The standard InChI is InChI=1S/C40H49FN2O11/c1-4-51-34(45)13-9-6-10-22-53-40(38(48)50-3)23-32(43-39(49)52-25-27-11-7-5-8-12-27)26(2)36(54-40)35(46)33(44)24-42-37(47)30-16-14-28(15-17-30)29-18-20-31(41)21-19-29/h5,7-8,11-12,14-21,26,32-33,35-36,44,46H,4,6,9-10,13,22-25H2,1-3H3,(H,42,47)(H,43,49)/t26-,32-,33-,35-,36?,40-/m1/s1. The first kappa shape index (κ1) is 41.9. The predicted molar refractivity (Wildman–Crippen MR) is 194 cm³/mol. The number of aliphatic hydroxyl groups is 2. The fourth-order valence-electron chi connectivity index (χ4n) is 6.11. The van der Waals surface area contributed by atoms with Crippen molar-refractivity contribution >= 4 is 23.9 Å². The zero-order valence-corrected chi connectivity index (χ0v) is 30.7. The van der Waals surface area contributed by atoms with E-state index in [-0.39, 0.29) is 50.0 Å². The minimum Gasteiger partial charge on any atom is -0.466 e. The van der Waals surface area contributed by atoms with Crippen molar-refractivity contribution in [2.75, 3.05) is 26.9 Å². The number of ether oxygens (including phenoxy) is 5. The molecule has 13 nitrogen and oxygen atoms in total. The van der Waals surface area contributed by atoms with Gasteiger partial charge in [0.15, 0.2) is 0 Å². The number of nitrogens with one attached hydrogen (secondary N) is 2. The molecule has 14 heteroatoms. The molecule has 54 heavy (non-hydrogen) atoms. The van der Waals surface area contributed by atoms with E-state index in [0.29, 0.717) is 19.3 Å². The van der Waals surface area contributed by atoms with Gasteiger partial charge in [0.05, 0.1) is 32.5 Å². The summed E-state index contributed by atoms with van der Waals surface area (Å²) >= 11 is 0. The lowest BCUT2D eigenvalue weighted by atomic mass is 9.82. The quantitative estimate of drug-likeness (QED) is 0.0806. The third-order valence-corrected chi connectivity index (χ3v) is 9.17. The average Bonchev–Trinajstić information content (AvgIpc) is 3.18. The maximum atomic E-state index is 13.4. The largest absolute Gasteiger partial charge is 0.466 e. The third kappa shape index (κ3) is 11.8. The number of amides is 2. The van der Waals surface area contributed by atoms with Crippen molar-refractivity contribution in [1.82, 2.24) is 10.6 Å². The van der Waals surface area contributed by atoms with E-state index in [1.54, 1.807) is 62.4 Å². The number of hydrogen-bond donors (Lipinski definition) is 4. The molecule has 0 aromatic heterocycles. The van der Waals surface area contributed by atoms with Crippen LogP contribution in [0, 0.1) is 11.7 Å². The summed E-state index contributed by atoms with van der Waals surface area (Å²) in [6.45, 7) is 3.27. The number of carbonyl (C=O) groups is 4. The van der Waals surface area contributed by atoms with Gasteiger partial charge in [0.1, 0.15) is 18.5 Å². The van der Waals surface area contributed by atoms with Gasteiger partial charge in [-0.25, -0.2) is 14.0 Å². The minimum absolute atomic E-state index is 0.00114. The number of benzene rings is 3. The summed E-state index contributed by atoms with van der Waals surface area (Å²) in [6.07, 6.45) is -3.81. The second-order valence-electron chi connectivity index (χ2n) is 13.0. The van der Waals surface area contributed by atoms with Crippen molar-refractivity contribution in [2.24, 2.45) is 5.92 Å². The molecule has 1 heterocycles. The van der Waals surface area contributed by atoms with Crippen molar-refractivity contribution in [3.63, 3.8) is 0 Å². The molecule has 0 saturated carbocycles. The van der Waals surface area contributed by atoms with Crippen LogP contribution in [-0.2, 0) is 39.9 Å². The predicted octanol–water partition coefficient (Wildman–Crippen LogP) is 4.67. The van der Waals surface area contributed by atoms with Crippen LogP contribution in [0.5, 0.6) is 0 Å². The number of rotatable bonds is 18. The van der Waals surface area contributed by atoms with Gasteiger partial charge in [0.25, 0.3) is 11.7 Å². The van der Waals surface area contributed by atoms with Crippen LogP contribution < -0.4 is 10.6 Å². The molecule has 0 spiro atoms. The van der Waals surface area contributed by atoms with Crippen molar-refractivity contribution in [2.45, 2.75) is 82.7 Å². The first-order chi connectivity index (χ1) is 26.0. The zero-order chi connectivity index (χ0) is 39.1. The number of alkyl carbamates (subject to hydrolysis) is 1. The average molecular weight is 753 g/mol. The minimum atomic E-state index is -2.10. The van der Waals surface area contributed by atoms with Crippen LogP contribution >= 0.6 is 0 Å². The summed E-state index contributed by atoms with van der Waals surface area (Å²) in [4.78, 5) is 51.1. The number of halogens is 1. The Labute approximate surface area is 314 Å². The fraction of sp³-hybridized carbons (Fsp3) is 0.450. The van der Waals surface area contributed by atoms with Crippen LogP contribution in [0.3, 0.4) is 0 Å². The summed E-state index contributed by atoms with van der Waals surface area (Å²) < 4.78 is 41.0. The lowest BCUT2D eigenvalue weighted by Crippen LogP contribution is -2.64. The monoisotopic (exact) mass is 752 g/mol. The van der Waals surface area contributed by atoms with Gasteiger partial charge in [-0.1, -0.05) is 67.9 Å². The van der Waals surface area contributed by atoms with E-state index in [2.05, 4.69) is 10.6 Å². The maximum Gasteiger partial charge on any atom is 0.407 e. The van der Waals surface area contributed by atoms with E-state index in [9.17, 15) is 33.8 Å². The summed E-state index contributed by atoms with van der Waals surface area (Å²) in [7, 11) is 1.15. The van der Waals surface area contributed by atoms with Gasteiger partial charge in [-0.15, -0.1) is 0 Å². The smallest absolute Gasteiger partial charge is 0.407 e. The van der Waals surface area contributed by atoms with Gasteiger partial charge in [0.2, 0.25) is 0 Å². The molecule has 3 aromatic carbocycles. The molecule has 0 aliphatic carbocycles. The Morgan fingerprint density at radius 2 is 1.59 bits per heavy atom. The van der Waals surface area contributed by atoms with Gasteiger partial charge in [-0.2, -0.15) is 0 Å². The summed E-state index contributed by atoms with van der Waals surface area (Å²) in [5.41, 5.74) is 2.57. The highest BCUT2D eigenvalue weighted by atomic mass is 19.1. The van der Waals surface area contributed by atoms with Crippen LogP contribution in [0.25, 0.3) is 11.1 Å². The summed E-state index contributed by atoms with van der Waals surface area (Å²) in [5.74, 6) is -4.93. The number of esters is 2. The van der Waals surface area contributed by atoms with Crippen LogP contribution in [0.4, 0.5) is 9.18 Å². The molecule has 1 fully saturated rings. The Hall–Kier alpha value is -4.89. The van der Waals surface area contributed by atoms with Crippen molar-refractivity contribution < 1.29 is 57.5 Å². The van der Waals surface area contributed by atoms with Gasteiger partial charge in [-0.3, -0.25) is 9.59 Å². The zero-order valence-electron chi connectivity index (χ0n) is 30.7. The molecule has 1 saturated heterocycles. The van der Waals surface area contributed by atoms with Gasteiger partial charge in [0, 0.05) is 36.9 Å². The molecular formula is C40H49FN2O11. The van der Waals surface area contributed by atoms with Crippen LogP contribution in [0.2, 0.25) is 0 Å². The Kier molecular flexibility index (Phi) is 15.9. The molecule has 4 N–H and O–H groups in total. The van der Waals surface area contributed by atoms with E-state index in [1.807, 2.05) is 18.2 Å². The molecule has 4 rings (SSSR count). The maximum absolute atomic E-state index is 13.4. The van der Waals surface area contributed by atoms with Crippen molar-refractivity contribution in [1.29, 1.82) is 0 Å². The molecule has 1 aliphatic rings. The number of aliphatic hydroxyl groups excluding tert-OH is 2. The first-order valence-electron chi connectivity index (χ1n) is 18.0. The van der Waals surface area contributed by atoms with Crippen LogP contribution in [0.1, 0.15) is 61.9 Å². The van der Waals surface area contributed by atoms with E-state index in [1.165, 1.54) is 12.1 Å². The highest BCUT2D eigenvalue weighted by Gasteiger charge is 2.55. The molecule has 0 bridgehead atoms. The summed E-state index contributed by atoms with van der Waals surface area (Å²) in [5, 5.41) is 27.9. The highest BCUT2D eigenvalue weighted by Crippen LogP contribution is 2.37. The van der Waals surface area contributed by atoms with Gasteiger partial charge >= 0.3 is 18.0 Å². The third-order valence-electron chi connectivity index (χ3n) is 9.17. The van der Waals surface area contributed by atoms with Crippen LogP contribution in [0.15, 0.2) is 78.9 Å². The van der Waals surface area contributed by atoms with E-state index in [4.69, 9.17) is 23.7 Å². The van der Waals surface area contributed by atoms with Crippen molar-refractivity contribution in [3.8, 4) is 11.1 Å². The number of methoxy groups -OCH3 is 1. The molecule has 1 unspecified atom stereocenters. The Bertz CT molecular complexity index is 1660. The fourth-order valence-corrected chi connectivity index (χ4v) is 6.11. The Morgan fingerprint density at radius 1 is 0.926 bits per heavy atom. The van der Waals surface area contributed by atoms with Gasteiger partial charge in [-0.05, 0) is 60.7 Å². The second kappa shape index (κ2) is 20.5. The lowest BCUT2D eigenvalue weighted by molar-refractivity contribution is -0.307. The van der Waals surface area contributed by atoms with Gasteiger partial charge < -0.3 is 44.5 Å². The topological polar surface area (TPSA) is 179 Å².